The highest BCUT2D eigenvalue weighted by molar-refractivity contribution is 5.97. The van der Waals surface area contributed by atoms with Crippen molar-refractivity contribution < 1.29 is 14.9 Å². The van der Waals surface area contributed by atoms with Gasteiger partial charge >= 0.3 is 0 Å². The molecule has 0 aromatic rings. The topological polar surface area (TPSA) is 46.5 Å². The maximum Gasteiger partial charge on any atom is 0.159 e. The van der Waals surface area contributed by atoms with Crippen LogP contribution < -0.4 is 0 Å². The Bertz CT molecular complexity index is 573. The van der Waals surface area contributed by atoms with Gasteiger partial charge < -0.3 is 0 Å². The average molecular weight is 318 g/mol. The highest BCUT2D eigenvalue weighted by Gasteiger charge is 2.72. The fourth-order valence-electron chi connectivity index (χ4n) is 5.45. The van der Waals surface area contributed by atoms with Crippen LogP contribution in [0.15, 0.2) is 23.8 Å². The largest absolute Gasteiger partial charge is 0.295 e. The Morgan fingerprint density at radius 3 is 2.78 bits per heavy atom. The average Bonchev–Trinajstić information content (AvgIpc) is 3.10. The normalized spacial score (nSPS) is 43.1. The maximum atomic E-state index is 12.6. The molecule has 0 amide bonds. The standard InChI is InChI=1S/C20H30O3/c1-13-8-6-9-14-12-15(21)16-17(20(13,14)5)19(16,4)11-7-10-18(2,3)23-22/h7,10,12-13,16-17,22H,6,8-9,11H2,1-5H3/b10-7+. The number of fused-ring (bicyclic) bond motifs is 3. The van der Waals surface area contributed by atoms with Crippen LogP contribution in [0.3, 0.4) is 0 Å². The van der Waals surface area contributed by atoms with E-state index in [-0.39, 0.29) is 16.7 Å². The summed E-state index contributed by atoms with van der Waals surface area (Å²) in [4.78, 5) is 17.1. The van der Waals surface area contributed by atoms with Gasteiger partial charge in [-0.25, -0.2) is 4.89 Å². The summed E-state index contributed by atoms with van der Waals surface area (Å²) in [5.74, 6) is 1.61. The molecule has 5 unspecified atom stereocenters. The van der Waals surface area contributed by atoms with E-state index in [1.54, 1.807) is 0 Å². The van der Waals surface area contributed by atoms with Crippen molar-refractivity contribution in [1.82, 2.24) is 0 Å². The van der Waals surface area contributed by atoms with Gasteiger partial charge in [-0.05, 0) is 68.3 Å². The van der Waals surface area contributed by atoms with Gasteiger partial charge in [0.1, 0.15) is 5.60 Å². The van der Waals surface area contributed by atoms with Gasteiger partial charge in [0.25, 0.3) is 0 Å². The van der Waals surface area contributed by atoms with E-state index in [1.807, 2.05) is 26.0 Å². The third-order valence-electron chi connectivity index (χ3n) is 7.03. The van der Waals surface area contributed by atoms with Gasteiger partial charge in [-0.2, -0.15) is 0 Å². The van der Waals surface area contributed by atoms with Crippen molar-refractivity contribution in [2.24, 2.45) is 28.6 Å². The minimum Gasteiger partial charge on any atom is -0.295 e. The number of carbonyl (C=O) groups is 1. The van der Waals surface area contributed by atoms with E-state index in [2.05, 4.69) is 31.7 Å². The molecule has 0 bridgehead atoms. The first-order valence-electron chi connectivity index (χ1n) is 8.92. The van der Waals surface area contributed by atoms with Gasteiger partial charge in [-0.3, -0.25) is 10.1 Å². The summed E-state index contributed by atoms with van der Waals surface area (Å²) >= 11 is 0. The third-order valence-corrected chi connectivity index (χ3v) is 7.03. The minimum absolute atomic E-state index is 0.0394. The molecular weight excluding hydrogens is 288 g/mol. The molecule has 5 atom stereocenters. The fraction of sp³-hybridized carbons (Fsp3) is 0.750. The second kappa shape index (κ2) is 5.29. The van der Waals surface area contributed by atoms with Gasteiger partial charge in [-0.1, -0.05) is 38.5 Å². The molecule has 2 saturated carbocycles. The molecule has 0 aromatic carbocycles. The predicted octanol–water partition coefficient (Wildman–Crippen LogP) is 4.79. The van der Waals surface area contributed by atoms with Gasteiger partial charge in [0.05, 0.1) is 0 Å². The quantitative estimate of drug-likeness (QED) is 0.460. The Kier molecular flexibility index (Phi) is 3.89. The Labute approximate surface area is 139 Å². The van der Waals surface area contributed by atoms with Gasteiger partial charge in [0, 0.05) is 5.92 Å². The van der Waals surface area contributed by atoms with Crippen LogP contribution in [0.1, 0.15) is 60.3 Å². The molecule has 0 spiro atoms. The number of allylic oxidation sites excluding steroid dienone is 3. The van der Waals surface area contributed by atoms with Crippen molar-refractivity contribution >= 4 is 5.78 Å². The van der Waals surface area contributed by atoms with Crippen LogP contribution >= 0.6 is 0 Å². The molecule has 1 N–H and O–H groups in total. The van der Waals surface area contributed by atoms with E-state index < -0.39 is 5.60 Å². The van der Waals surface area contributed by atoms with Crippen molar-refractivity contribution in [1.29, 1.82) is 0 Å². The zero-order chi connectivity index (χ0) is 17.0. The Morgan fingerprint density at radius 1 is 1.43 bits per heavy atom. The van der Waals surface area contributed by atoms with Crippen LogP contribution in [0.5, 0.6) is 0 Å². The summed E-state index contributed by atoms with van der Waals surface area (Å²) in [6.07, 6.45) is 10.4. The predicted molar refractivity (Wildman–Crippen MR) is 90.8 cm³/mol. The second-order valence-electron chi connectivity index (χ2n) is 8.91. The summed E-state index contributed by atoms with van der Waals surface area (Å²) in [6, 6.07) is 0. The Balaban J connectivity index is 1.84. The lowest BCUT2D eigenvalue weighted by Crippen LogP contribution is -2.38. The van der Waals surface area contributed by atoms with Crippen molar-refractivity contribution in [3.63, 3.8) is 0 Å². The first kappa shape index (κ1) is 16.9. The molecule has 3 heteroatoms. The molecule has 0 radical (unpaired) electrons. The van der Waals surface area contributed by atoms with E-state index in [4.69, 9.17) is 5.26 Å². The molecule has 3 aliphatic carbocycles. The van der Waals surface area contributed by atoms with Crippen LogP contribution in [-0.2, 0) is 9.68 Å². The molecule has 3 nitrogen and oxygen atoms in total. The van der Waals surface area contributed by atoms with E-state index in [9.17, 15) is 4.79 Å². The summed E-state index contributed by atoms with van der Waals surface area (Å²) in [5, 5.41) is 8.90. The van der Waals surface area contributed by atoms with Crippen molar-refractivity contribution in [3.8, 4) is 0 Å². The molecule has 0 aliphatic heterocycles. The van der Waals surface area contributed by atoms with E-state index in [0.29, 0.717) is 17.6 Å². The second-order valence-corrected chi connectivity index (χ2v) is 8.91. The molecule has 0 heterocycles. The Hall–Kier alpha value is -0.930. The first-order chi connectivity index (χ1) is 10.7. The number of ketones is 1. The first-order valence-corrected chi connectivity index (χ1v) is 8.92. The van der Waals surface area contributed by atoms with Crippen LogP contribution in [0, 0.1) is 28.6 Å². The molecule has 128 valence electrons. The number of rotatable bonds is 4. The minimum atomic E-state index is -0.675. The number of carbonyl (C=O) groups excluding carboxylic acids is 1. The van der Waals surface area contributed by atoms with Gasteiger partial charge in [0.15, 0.2) is 5.78 Å². The van der Waals surface area contributed by atoms with Gasteiger partial charge in [-0.15, -0.1) is 0 Å². The van der Waals surface area contributed by atoms with Crippen LogP contribution in [-0.4, -0.2) is 16.6 Å². The maximum absolute atomic E-state index is 12.6. The van der Waals surface area contributed by atoms with Crippen LogP contribution in [0.2, 0.25) is 0 Å². The summed E-state index contributed by atoms with van der Waals surface area (Å²) in [7, 11) is 0. The molecule has 0 aromatic heterocycles. The van der Waals surface area contributed by atoms with Crippen molar-refractivity contribution in [2.45, 2.75) is 65.9 Å². The molecule has 0 saturated heterocycles. The lowest BCUT2D eigenvalue weighted by molar-refractivity contribution is -0.297. The Morgan fingerprint density at radius 2 is 2.13 bits per heavy atom. The van der Waals surface area contributed by atoms with Crippen molar-refractivity contribution in [3.05, 3.63) is 23.8 Å². The monoisotopic (exact) mass is 318 g/mol. The van der Waals surface area contributed by atoms with E-state index in [0.717, 1.165) is 12.8 Å². The molecule has 2 fully saturated rings. The molecule has 3 rings (SSSR count). The SMILES string of the molecule is CC1CCCC2=CC(=O)C3C(C3(C)C/C=C/C(C)(C)OO)C21C. The zero-order valence-corrected chi connectivity index (χ0v) is 15.1. The molecule has 23 heavy (non-hydrogen) atoms. The van der Waals surface area contributed by atoms with E-state index in [1.165, 1.54) is 18.4 Å². The fourth-order valence-corrected chi connectivity index (χ4v) is 5.45. The number of hydrogen-bond acceptors (Lipinski definition) is 3. The van der Waals surface area contributed by atoms with E-state index >= 15 is 0 Å². The lowest BCUT2D eigenvalue weighted by Gasteiger charge is -2.45. The summed E-state index contributed by atoms with van der Waals surface area (Å²) in [6.45, 7) is 10.7. The highest BCUT2D eigenvalue weighted by atomic mass is 17.1. The zero-order valence-electron chi connectivity index (χ0n) is 15.1. The smallest absolute Gasteiger partial charge is 0.159 e. The third kappa shape index (κ3) is 2.44. The van der Waals surface area contributed by atoms with Crippen molar-refractivity contribution in [2.75, 3.05) is 0 Å². The molecular formula is C20H30O3. The van der Waals surface area contributed by atoms with Crippen LogP contribution in [0.4, 0.5) is 0 Å². The highest BCUT2D eigenvalue weighted by Crippen LogP contribution is 2.74. The summed E-state index contributed by atoms with van der Waals surface area (Å²) < 4.78 is 0. The van der Waals surface area contributed by atoms with Crippen LogP contribution in [0.25, 0.3) is 0 Å². The summed E-state index contributed by atoms with van der Waals surface area (Å²) in [5.41, 5.74) is 0.945. The lowest BCUT2D eigenvalue weighted by atomic mass is 9.59. The number of hydrogen-bond donors (Lipinski definition) is 1. The van der Waals surface area contributed by atoms with Gasteiger partial charge in [0.2, 0.25) is 0 Å². The molecule has 3 aliphatic rings.